The lowest BCUT2D eigenvalue weighted by molar-refractivity contribution is 1.08. The summed E-state index contributed by atoms with van der Waals surface area (Å²) in [4.78, 5) is 8.03. The van der Waals surface area contributed by atoms with Crippen LogP contribution < -0.4 is 0 Å². The summed E-state index contributed by atoms with van der Waals surface area (Å²) in [5.41, 5.74) is 4.27. The number of aryl methyl sites for hydroxylation is 1. The Balaban J connectivity index is 1.89. The number of aromatic amines is 1. The number of benzene rings is 2. The Morgan fingerprint density at radius 3 is 2.48 bits per heavy atom. The molecule has 21 heavy (non-hydrogen) atoms. The molecule has 1 aromatic heterocycles. The van der Waals surface area contributed by atoms with Gasteiger partial charge in [0.1, 0.15) is 5.82 Å². The first-order valence-electron chi connectivity index (χ1n) is 6.68. The zero-order valence-corrected chi connectivity index (χ0v) is 13.0. The molecule has 3 rings (SSSR count). The highest BCUT2D eigenvalue weighted by Gasteiger charge is 2.09. The highest BCUT2D eigenvalue weighted by Crippen LogP contribution is 2.25. The SMILES string of the molecule is Cc1[nH]c(-c2ccccc2)nc1Cc1ccc(Cl)c(Cl)c1. The zero-order chi connectivity index (χ0) is 14.8. The Labute approximate surface area is 133 Å². The third-order valence-electron chi connectivity index (χ3n) is 3.39. The van der Waals surface area contributed by atoms with Crippen molar-refractivity contribution in [3.63, 3.8) is 0 Å². The molecule has 0 aliphatic rings. The first-order valence-corrected chi connectivity index (χ1v) is 7.44. The second kappa shape index (κ2) is 5.92. The summed E-state index contributed by atoms with van der Waals surface area (Å²) in [6.45, 7) is 2.03. The second-order valence-electron chi connectivity index (χ2n) is 4.95. The van der Waals surface area contributed by atoms with Gasteiger partial charge in [-0.3, -0.25) is 0 Å². The molecule has 3 aromatic rings. The van der Waals surface area contributed by atoms with E-state index in [-0.39, 0.29) is 0 Å². The van der Waals surface area contributed by atoms with Crippen LogP contribution in [-0.4, -0.2) is 9.97 Å². The van der Waals surface area contributed by atoms with Crippen LogP contribution in [0.1, 0.15) is 17.0 Å². The number of hydrogen-bond acceptors (Lipinski definition) is 1. The average molecular weight is 317 g/mol. The number of halogens is 2. The van der Waals surface area contributed by atoms with E-state index in [1.54, 1.807) is 0 Å². The summed E-state index contributed by atoms with van der Waals surface area (Å²) in [5.74, 6) is 0.892. The maximum atomic E-state index is 6.06. The normalized spacial score (nSPS) is 10.8. The van der Waals surface area contributed by atoms with E-state index in [4.69, 9.17) is 28.2 Å². The van der Waals surface area contributed by atoms with Gasteiger partial charge >= 0.3 is 0 Å². The van der Waals surface area contributed by atoms with Crippen LogP contribution in [0.2, 0.25) is 10.0 Å². The van der Waals surface area contributed by atoms with Crippen molar-refractivity contribution >= 4 is 23.2 Å². The van der Waals surface area contributed by atoms with Crippen LogP contribution in [0.4, 0.5) is 0 Å². The molecule has 0 fully saturated rings. The third-order valence-corrected chi connectivity index (χ3v) is 4.13. The van der Waals surface area contributed by atoms with E-state index in [9.17, 15) is 0 Å². The van der Waals surface area contributed by atoms with Gasteiger partial charge in [0.05, 0.1) is 15.7 Å². The topological polar surface area (TPSA) is 28.7 Å². The van der Waals surface area contributed by atoms with Crippen LogP contribution in [0.25, 0.3) is 11.4 Å². The molecule has 0 radical (unpaired) electrons. The number of hydrogen-bond donors (Lipinski definition) is 1. The highest BCUT2D eigenvalue weighted by molar-refractivity contribution is 6.42. The van der Waals surface area contributed by atoms with E-state index in [0.717, 1.165) is 34.8 Å². The van der Waals surface area contributed by atoms with Gasteiger partial charge in [-0.15, -0.1) is 0 Å². The van der Waals surface area contributed by atoms with Gasteiger partial charge in [-0.1, -0.05) is 59.6 Å². The van der Waals surface area contributed by atoms with Crippen LogP contribution in [0, 0.1) is 6.92 Å². The minimum atomic E-state index is 0.573. The molecule has 0 saturated heterocycles. The van der Waals surface area contributed by atoms with Gasteiger partial charge in [-0.2, -0.15) is 0 Å². The molecule has 0 unspecified atom stereocenters. The molecule has 2 aromatic carbocycles. The fourth-order valence-electron chi connectivity index (χ4n) is 2.24. The minimum absolute atomic E-state index is 0.573. The van der Waals surface area contributed by atoms with Gasteiger partial charge in [0.15, 0.2) is 0 Å². The van der Waals surface area contributed by atoms with Crippen LogP contribution in [0.15, 0.2) is 48.5 Å². The van der Waals surface area contributed by atoms with Gasteiger partial charge in [0, 0.05) is 17.7 Å². The predicted molar refractivity (Wildman–Crippen MR) is 88.0 cm³/mol. The smallest absolute Gasteiger partial charge is 0.137 e. The van der Waals surface area contributed by atoms with Gasteiger partial charge in [-0.25, -0.2) is 4.98 Å². The molecule has 0 bridgehead atoms. The van der Waals surface area contributed by atoms with Crippen molar-refractivity contribution in [1.29, 1.82) is 0 Å². The number of rotatable bonds is 3. The Hall–Kier alpha value is -1.77. The van der Waals surface area contributed by atoms with Crippen LogP contribution >= 0.6 is 23.2 Å². The average Bonchev–Trinajstić information content (AvgIpc) is 2.85. The van der Waals surface area contributed by atoms with Crippen molar-refractivity contribution in [2.45, 2.75) is 13.3 Å². The third kappa shape index (κ3) is 3.12. The van der Waals surface area contributed by atoms with E-state index in [2.05, 4.69) is 4.98 Å². The first-order chi connectivity index (χ1) is 10.1. The summed E-state index contributed by atoms with van der Waals surface area (Å²) >= 11 is 12.0. The van der Waals surface area contributed by atoms with E-state index in [0.29, 0.717) is 10.0 Å². The molecule has 0 aliphatic heterocycles. The van der Waals surface area contributed by atoms with Gasteiger partial charge in [-0.05, 0) is 24.6 Å². The van der Waals surface area contributed by atoms with Crippen LogP contribution in [0.5, 0.6) is 0 Å². The summed E-state index contributed by atoms with van der Waals surface area (Å²) in [5, 5.41) is 1.15. The van der Waals surface area contributed by atoms with Crippen molar-refractivity contribution in [2.24, 2.45) is 0 Å². The van der Waals surface area contributed by atoms with Crippen LogP contribution in [-0.2, 0) is 6.42 Å². The Morgan fingerprint density at radius 2 is 1.76 bits per heavy atom. The fourth-order valence-corrected chi connectivity index (χ4v) is 2.56. The molecule has 0 aliphatic carbocycles. The summed E-state index contributed by atoms with van der Waals surface area (Å²) < 4.78 is 0. The van der Waals surface area contributed by atoms with E-state index >= 15 is 0 Å². The zero-order valence-electron chi connectivity index (χ0n) is 11.5. The van der Waals surface area contributed by atoms with Crippen LogP contribution in [0.3, 0.4) is 0 Å². The monoisotopic (exact) mass is 316 g/mol. The Bertz CT molecular complexity index is 764. The lowest BCUT2D eigenvalue weighted by atomic mass is 10.1. The molecule has 106 valence electrons. The molecule has 0 atom stereocenters. The molecule has 1 N–H and O–H groups in total. The first kappa shape index (κ1) is 14.2. The Morgan fingerprint density at radius 1 is 1.00 bits per heavy atom. The predicted octanol–water partition coefficient (Wildman–Crippen LogP) is 5.28. The molecule has 0 amide bonds. The van der Waals surface area contributed by atoms with E-state index in [1.165, 1.54) is 0 Å². The molecule has 0 saturated carbocycles. The lowest BCUT2D eigenvalue weighted by Gasteiger charge is -2.02. The maximum Gasteiger partial charge on any atom is 0.137 e. The number of imidazole rings is 1. The van der Waals surface area contributed by atoms with Crippen molar-refractivity contribution in [3.8, 4) is 11.4 Å². The molecule has 0 spiro atoms. The standard InChI is InChI=1S/C17H14Cl2N2/c1-11-16(10-12-7-8-14(18)15(19)9-12)21-17(20-11)13-5-3-2-4-6-13/h2-9H,10H2,1H3,(H,20,21). The van der Waals surface area contributed by atoms with E-state index < -0.39 is 0 Å². The number of nitrogens with one attached hydrogen (secondary N) is 1. The Kier molecular flexibility index (Phi) is 4.00. The fraction of sp³-hybridized carbons (Fsp3) is 0.118. The number of aromatic nitrogens is 2. The summed E-state index contributed by atoms with van der Waals surface area (Å²) in [6.07, 6.45) is 0.728. The maximum absolute atomic E-state index is 6.06. The van der Waals surface area contributed by atoms with Gasteiger partial charge in [0.2, 0.25) is 0 Å². The van der Waals surface area contributed by atoms with Gasteiger partial charge in [0.25, 0.3) is 0 Å². The van der Waals surface area contributed by atoms with E-state index in [1.807, 2.05) is 55.5 Å². The number of nitrogens with zero attached hydrogens (tertiary/aromatic N) is 1. The minimum Gasteiger partial charge on any atom is -0.342 e. The van der Waals surface area contributed by atoms with Crippen molar-refractivity contribution in [2.75, 3.05) is 0 Å². The largest absolute Gasteiger partial charge is 0.342 e. The summed E-state index contributed by atoms with van der Waals surface area (Å²) in [7, 11) is 0. The quantitative estimate of drug-likeness (QED) is 0.699. The van der Waals surface area contributed by atoms with Gasteiger partial charge < -0.3 is 4.98 Å². The molecular formula is C17H14Cl2N2. The molecular weight excluding hydrogens is 303 g/mol. The van der Waals surface area contributed by atoms with Crippen molar-refractivity contribution < 1.29 is 0 Å². The van der Waals surface area contributed by atoms with Crippen molar-refractivity contribution in [3.05, 3.63) is 75.5 Å². The summed E-state index contributed by atoms with van der Waals surface area (Å²) in [6, 6.07) is 15.8. The highest BCUT2D eigenvalue weighted by atomic mass is 35.5. The van der Waals surface area contributed by atoms with Crippen molar-refractivity contribution in [1.82, 2.24) is 9.97 Å². The molecule has 1 heterocycles. The molecule has 4 heteroatoms. The number of H-pyrrole nitrogens is 1. The second-order valence-corrected chi connectivity index (χ2v) is 5.76. The lowest BCUT2D eigenvalue weighted by Crippen LogP contribution is -1.91. The molecule has 2 nitrogen and oxygen atoms in total.